The number of hydrogen-bond acceptors (Lipinski definition) is 7. The molecule has 0 bridgehead atoms. The highest BCUT2D eigenvalue weighted by Crippen LogP contribution is 2.19. The first-order chi connectivity index (χ1) is 14.8. The van der Waals surface area contributed by atoms with Crippen LogP contribution in [0.15, 0.2) is 30.3 Å². The van der Waals surface area contributed by atoms with E-state index in [4.69, 9.17) is 15.9 Å². The minimum Gasteiger partial charge on any atom is -0.480 e. The summed E-state index contributed by atoms with van der Waals surface area (Å²) in [6, 6.07) is 4.53. The maximum Gasteiger partial charge on any atom is 0.328 e. The molecule has 0 aromatic heterocycles. The molecule has 11 nitrogen and oxygen atoms in total. The van der Waals surface area contributed by atoms with Crippen molar-refractivity contribution in [1.82, 2.24) is 15.5 Å². The first-order valence-corrected chi connectivity index (χ1v) is 9.93. The Morgan fingerprint density at radius 3 is 2.29 bits per heavy atom. The van der Waals surface area contributed by atoms with Gasteiger partial charge in [-0.15, -0.1) is 0 Å². The fraction of sp³-hybridized carbons (Fsp3) is 0.500. The van der Waals surface area contributed by atoms with Gasteiger partial charge in [-0.25, -0.2) is 4.79 Å². The molecule has 4 atom stereocenters. The second-order valence-corrected chi connectivity index (χ2v) is 7.31. The quantitative estimate of drug-likeness (QED) is 0.234. The van der Waals surface area contributed by atoms with E-state index < -0.39 is 61.1 Å². The highest BCUT2D eigenvalue weighted by Gasteiger charge is 2.37. The molecular weight excluding hydrogens is 408 g/mol. The molecule has 1 aliphatic heterocycles. The van der Waals surface area contributed by atoms with Crippen molar-refractivity contribution < 1.29 is 34.5 Å². The van der Waals surface area contributed by atoms with E-state index in [0.29, 0.717) is 25.8 Å². The topological polar surface area (TPSA) is 182 Å². The number of rotatable bonds is 10. The molecule has 1 aromatic rings. The highest BCUT2D eigenvalue weighted by molar-refractivity contribution is 5.94. The number of carbonyl (C=O) groups excluding carboxylic acids is 3. The van der Waals surface area contributed by atoms with Crippen LogP contribution >= 0.6 is 0 Å². The van der Waals surface area contributed by atoms with Crippen LogP contribution in [0.3, 0.4) is 0 Å². The van der Waals surface area contributed by atoms with Crippen molar-refractivity contribution in [2.75, 3.05) is 19.8 Å². The summed E-state index contributed by atoms with van der Waals surface area (Å²) < 4.78 is 0. The number of aliphatic hydroxyl groups excluding tert-OH is 2. The molecule has 7 N–H and O–H groups in total. The number of nitrogens with zero attached hydrogens (tertiary/aromatic N) is 1. The van der Waals surface area contributed by atoms with Crippen LogP contribution in [-0.4, -0.2) is 87.8 Å². The van der Waals surface area contributed by atoms with Crippen LogP contribution in [0.2, 0.25) is 0 Å². The molecule has 0 aliphatic carbocycles. The lowest BCUT2D eigenvalue weighted by Crippen LogP contribution is -2.58. The largest absolute Gasteiger partial charge is 0.480 e. The third-order valence-electron chi connectivity index (χ3n) is 5.07. The van der Waals surface area contributed by atoms with Gasteiger partial charge in [0.2, 0.25) is 17.7 Å². The lowest BCUT2D eigenvalue weighted by Gasteiger charge is -2.28. The zero-order chi connectivity index (χ0) is 23.0. The summed E-state index contributed by atoms with van der Waals surface area (Å²) in [6.45, 7) is -1.30. The summed E-state index contributed by atoms with van der Waals surface area (Å²) in [7, 11) is 0. The van der Waals surface area contributed by atoms with Gasteiger partial charge in [-0.05, 0) is 24.8 Å². The van der Waals surface area contributed by atoms with Gasteiger partial charge in [0.1, 0.15) is 18.1 Å². The maximum absolute atomic E-state index is 12.8. The number of carboxylic acids is 1. The number of amides is 3. The van der Waals surface area contributed by atoms with E-state index in [1.54, 1.807) is 0 Å². The first kappa shape index (κ1) is 24.3. The lowest BCUT2D eigenvalue weighted by atomic mass is 10.0. The number of likely N-dealkylation sites (tertiary alicyclic amines) is 1. The summed E-state index contributed by atoms with van der Waals surface area (Å²) >= 11 is 0. The van der Waals surface area contributed by atoms with E-state index in [0.717, 1.165) is 5.56 Å². The van der Waals surface area contributed by atoms with E-state index >= 15 is 0 Å². The van der Waals surface area contributed by atoms with Crippen molar-refractivity contribution in [3.05, 3.63) is 35.9 Å². The third kappa shape index (κ3) is 6.48. The number of aliphatic hydroxyl groups is 2. The molecule has 1 aliphatic rings. The van der Waals surface area contributed by atoms with Gasteiger partial charge in [0.25, 0.3) is 0 Å². The van der Waals surface area contributed by atoms with Gasteiger partial charge in [-0.1, -0.05) is 30.3 Å². The van der Waals surface area contributed by atoms with Crippen molar-refractivity contribution in [2.45, 2.75) is 43.4 Å². The highest BCUT2D eigenvalue weighted by atomic mass is 16.4. The monoisotopic (exact) mass is 436 g/mol. The number of carboxylic acid groups (broad SMARTS) is 1. The summed E-state index contributed by atoms with van der Waals surface area (Å²) in [4.78, 5) is 50.0. The summed E-state index contributed by atoms with van der Waals surface area (Å²) in [5.74, 6) is -3.46. The molecule has 0 unspecified atom stereocenters. The average Bonchev–Trinajstić information content (AvgIpc) is 3.25. The zero-order valence-corrected chi connectivity index (χ0v) is 16.9. The van der Waals surface area contributed by atoms with Gasteiger partial charge in [0.15, 0.2) is 0 Å². The minimum atomic E-state index is -1.57. The molecule has 2 rings (SSSR count). The Balaban J connectivity index is 1.99. The normalized spacial score (nSPS) is 18.7. The number of aliphatic carboxylic acids is 1. The summed E-state index contributed by atoms with van der Waals surface area (Å²) in [5, 5.41) is 31.7. The summed E-state index contributed by atoms with van der Waals surface area (Å²) in [5.41, 5.74) is 6.95. The Kier molecular flexibility index (Phi) is 8.91. The number of hydrogen-bond donors (Lipinski definition) is 6. The predicted octanol–water partition coefficient (Wildman–Crippen LogP) is -2.41. The second-order valence-electron chi connectivity index (χ2n) is 7.31. The van der Waals surface area contributed by atoms with Gasteiger partial charge < -0.3 is 36.6 Å². The summed E-state index contributed by atoms with van der Waals surface area (Å²) in [6.07, 6.45) is 1.25. The molecule has 1 heterocycles. The molecule has 170 valence electrons. The van der Waals surface area contributed by atoms with Gasteiger partial charge in [0, 0.05) is 6.54 Å². The van der Waals surface area contributed by atoms with E-state index in [1.165, 1.54) is 4.90 Å². The number of nitrogens with two attached hydrogens (primary N) is 1. The van der Waals surface area contributed by atoms with Gasteiger partial charge >= 0.3 is 5.97 Å². The number of carbonyl (C=O) groups is 4. The van der Waals surface area contributed by atoms with Crippen LogP contribution in [0.1, 0.15) is 18.4 Å². The average molecular weight is 436 g/mol. The molecule has 31 heavy (non-hydrogen) atoms. The van der Waals surface area contributed by atoms with E-state index in [2.05, 4.69) is 5.32 Å². The number of benzene rings is 1. The second kappa shape index (κ2) is 11.4. The van der Waals surface area contributed by atoms with Crippen LogP contribution in [0.5, 0.6) is 0 Å². The first-order valence-electron chi connectivity index (χ1n) is 9.93. The fourth-order valence-electron chi connectivity index (χ4n) is 3.39. The zero-order valence-electron chi connectivity index (χ0n) is 16.9. The Bertz CT molecular complexity index is 789. The van der Waals surface area contributed by atoms with Crippen LogP contribution in [0.4, 0.5) is 0 Å². The van der Waals surface area contributed by atoms with Crippen LogP contribution in [-0.2, 0) is 25.6 Å². The van der Waals surface area contributed by atoms with Gasteiger partial charge in [0.05, 0.1) is 19.3 Å². The van der Waals surface area contributed by atoms with Crippen molar-refractivity contribution in [1.29, 1.82) is 0 Å². The Hall–Kier alpha value is -3.02. The predicted molar refractivity (Wildman–Crippen MR) is 109 cm³/mol. The van der Waals surface area contributed by atoms with Crippen LogP contribution < -0.4 is 16.4 Å². The number of nitrogens with one attached hydrogen (secondary N) is 2. The molecule has 1 fully saturated rings. The fourth-order valence-corrected chi connectivity index (χ4v) is 3.39. The standard InChI is InChI=1S/C20H28N4O7/c21-13(9-12-5-2-1-3-6-12)19(29)24-8-4-7-16(24)18(28)22-14(10-25)17(27)23-15(11-26)20(30)31/h1-3,5-6,13-16,25-26H,4,7-11,21H2,(H,22,28)(H,23,27)(H,30,31)/t13-,14-,15-,16-/m0/s1. The molecule has 0 saturated carbocycles. The van der Waals surface area contributed by atoms with Crippen molar-refractivity contribution >= 4 is 23.7 Å². The molecular formula is C20H28N4O7. The Morgan fingerprint density at radius 2 is 1.71 bits per heavy atom. The smallest absolute Gasteiger partial charge is 0.328 e. The molecule has 0 radical (unpaired) electrons. The molecule has 3 amide bonds. The Morgan fingerprint density at radius 1 is 1.06 bits per heavy atom. The van der Waals surface area contributed by atoms with Gasteiger partial charge in [-0.2, -0.15) is 0 Å². The van der Waals surface area contributed by atoms with E-state index in [9.17, 15) is 24.3 Å². The van der Waals surface area contributed by atoms with E-state index in [1.807, 2.05) is 35.6 Å². The van der Waals surface area contributed by atoms with Gasteiger partial charge in [-0.3, -0.25) is 14.4 Å². The molecule has 1 aromatic carbocycles. The SMILES string of the molecule is N[C@@H](Cc1ccccc1)C(=O)N1CCC[C@H]1C(=O)N[C@@H](CO)C(=O)N[C@@H](CO)C(=O)O. The van der Waals surface area contributed by atoms with Crippen molar-refractivity contribution in [2.24, 2.45) is 5.73 Å². The van der Waals surface area contributed by atoms with Crippen LogP contribution in [0.25, 0.3) is 0 Å². The van der Waals surface area contributed by atoms with Crippen molar-refractivity contribution in [3.8, 4) is 0 Å². The molecule has 0 spiro atoms. The Labute approximate surface area is 179 Å². The molecule has 1 saturated heterocycles. The lowest BCUT2D eigenvalue weighted by molar-refractivity contribution is -0.144. The van der Waals surface area contributed by atoms with Crippen LogP contribution in [0, 0.1) is 0 Å². The minimum absolute atomic E-state index is 0.309. The molecule has 11 heteroatoms. The third-order valence-corrected chi connectivity index (χ3v) is 5.07. The van der Waals surface area contributed by atoms with Crippen molar-refractivity contribution in [3.63, 3.8) is 0 Å². The van der Waals surface area contributed by atoms with E-state index in [-0.39, 0.29) is 0 Å². The maximum atomic E-state index is 12.8.